The van der Waals surface area contributed by atoms with Crippen molar-refractivity contribution in [1.29, 1.82) is 0 Å². The van der Waals surface area contributed by atoms with Crippen molar-refractivity contribution in [3.8, 4) is 0 Å². The molecule has 0 unspecified atom stereocenters. The van der Waals surface area contributed by atoms with E-state index in [1.807, 2.05) is 44.2 Å². The second-order valence-electron chi connectivity index (χ2n) is 3.93. The van der Waals surface area contributed by atoms with E-state index in [0.29, 0.717) is 6.42 Å². The molecule has 15 heavy (non-hydrogen) atoms. The van der Waals surface area contributed by atoms with E-state index in [9.17, 15) is 4.79 Å². The van der Waals surface area contributed by atoms with Gasteiger partial charge in [0.1, 0.15) is 5.76 Å². The van der Waals surface area contributed by atoms with Gasteiger partial charge in [0.25, 0.3) is 0 Å². The van der Waals surface area contributed by atoms with E-state index in [1.165, 1.54) is 0 Å². The fourth-order valence-electron chi connectivity index (χ4n) is 1.68. The first-order valence-corrected chi connectivity index (χ1v) is 5.17. The van der Waals surface area contributed by atoms with Crippen molar-refractivity contribution in [3.05, 3.63) is 41.7 Å². The molecule has 0 aromatic heterocycles. The number of carbonyl (C=O) groups is 1. The van der Waals surface area contributed by atoms with Crippen LogP contribution in [0.2, 0.25) is 0 Å². The van der Waals surface area contributed by atoms with Crippen molar-refractivity contribution < 1.29 is 9.53 Å². The Kier molecular flexibility index (Phi) is 2.58. The van der Waals surface area contributed by atoms with Gasteiger partial charge in [-0.1, -0.05) is 30.3 Å². The second kappa shape index (κ2) is 3.89. The number of benzene rings is 1. The van der Waals surface area contributed by atoms with E-state index in [0.717, 1.165) is 16.9 Å². The van der Waals surface area contributed by atoms with Crippen LogP contribution in [-0.4, -0.2) is 11.9 Å². The molecule has 0 fully saturated rings. The smallest absolute Gasteiger partial charge is 0.174 e. The third-order valence-electron chi connectivity index (χ3n) is 2.32. The largest absolute Gasteiger partial charge is 0.494 e. The Bertz CT molecular complexity index is 402. The first kappa shape index (κ1) is 9.97. The third kappa shape index (κ3) is 1.94. The number of allylic oxidation sites excluding steroid dienone is 2. The minimum atomic E-state index is 0.131. The van der Waals surface area contributed by atoms with Crippen molar-refractivity contribution in [1.82, 2.24) is 0 Å². The zero-order valence-electron chi connectivity index (χ0n) is 8.99. The Balaban J connectivity index is 2.30. The fraction of sp³-hybridized carbons (Fsp3) is 0.308. The van der Waals surface area contributed by atoms with Gasteiger partial charge in [0, 0.05) is 0 Å². The first-order chi connectivity index (χ1) is 7.18. The summed E-state index contributed by atoms with van der Waals surface area (Å²) >= 11 is 0. The molecule has 2 rings (SSSR count). The average Bonchev–Trinajstić information content (AvgIpc) is 2.17. The van der Waals surface area contributed by atoms with Gasteiger partial charge in [0.2, 0.25) is 0 Å². The quantitative estimate of drug-likeness (QED) is 0.753. The summed E-state index contributed by atoms with van der Waals surface area (Å²) in [7, 11) is 0. The predicted octanol–water partition coefficient (Wildman–Crippen LogP) is 2.80. The Labute approximate surface area is 89.6 Å². The highest BCUT2D eigenvalue weighted by Crippen LogP contribution is 2.34. The molecule has 78 valence electrons. The maximum atomic E-state index is 11.5. The Morgan fingerprint density at radius 3 is 2.40 bits per heavy atom. The van der Waals surface area contributed by atoms with Crippen molar-refractivity contribution in [2.45, 2.75) is 26.4 Å². The van der Waals surface area contributed by atoms with Crippen LogP contribution in [0, 0.1) is 0 Å². The zero-order valence-corrected chi connectivity index (χ0v) is 8.99. The fourth-order valence-corrected chi connectivity index (χ4v) is 1.68. The second-order valence-corrected chi connectivity index (χ2v) is 3.93. The van der Waals surface area contributed by atoms with Crippen LogP contribution in [0.3, 0.4) is 0 Å². The molecule has 1 aliphatic carbocycles. The van der Waals surface area contributed by atoms with Gasteiger partial charge in [0.05, 0.1) is 18.1 Å². The van der Waals surface area contributed by atoms with Gasteiger partial charge >= 0.3 is 0 Å². The van der Waals surface area contributed by atoms with Gasteiger partial charge in [-0.05, 0) is 19.4 Å². The molecule has 0 spiro atoms. The highest BCUT2D eigenvalue weighted by molar-refractivity contribution is 6.28. The molecule has 0 saturated heterocycles. The van der Waals surface area contributed by atoms with E-state index in [1.54, 1.807) is 0 Å². The molecule has 0 heterocycles. The van der Waals surface area contributed by atoms with Gasteiger partial charge in [-0.3, -0.25) is 4.79 Å². The number of ketones is 1. The summed E-state index contributed by atoms with van der Waals surface area (Å²) in [4.78, 5) is 11.5. The third-order valence-corrected chi connectivity index (χ3v) is 2.32. The van der Waals surface area contributed by atoms with Gasteiger partial charge < -0.3 is 4.74 Å². The van der Waals surface area contributed by atoms with E-state index in [-0.39, 0.29) is 11.9 Å². The normalized spacial score (nSPS) is 15.5. The number of ether oxygens (including phenoxy) is 1. The predicted molar refractivity (Wildman–Crippen MR) is 59.2 cm³/mol. The number of rotatable bonds is 3. The lowest BCUT2D eigenvalue weighted by Gasteiger charge is -2.24. The maximum Gasteiger partial charge on any atom is 0.174 e. The number of hydrogen-bond acceptors (Lipinski definition) is 2. The summed E-state index contributed by atoms with van der Waals surface area (Å²) in [5.74, 6) is 1.01. The van der Waals surface area contributed by atoms with Crippen LogP contribution in [0.25, 0.3) is 5.57 Å². The molecule has 0 N–H and O–H groups in total. The molecule has 1 aromatic carbocycles. The molecule has 0 amide bonds. The van der Waals surface area contributed by atoms with Crippen LogP contribution in [0.4, 0.5) is 0 Å². The standard InChI is InChI=1S/C13H14O2/c1-9(2)15-12-8-11(14)13(12)10-6-4-3-5-7-10/h3-7,9H,8H2,1-2H3. The highest BCUT2D eigenvalue weighted by atomic mass is 16.5. The van der Waals surface area contributed by atoms with Crippen LogP contribution in [0.5, 0.6) is 0 Å². The van der Waals surface area contributed by atoms with Gasteiger partial charge in [-0.25, -0.2) is 0 Å². The van der Waals surface area contributed by atoms with Crippen LogP contribution >= 0.6 is 0 Å². The maximum absolute atomic E-state index is 11.5. The van der Waals surface area contributed by atoms with Crippen LogP contribution in [0.15, 0.2) is 36.1 Å². The van der Waals surface area contributed by atoms with Crippen LogP contribution < -0.4 is 0 Å². The lowest BCUT2D eigenvalue weighted by atomic mass is 9.88. The average molecular weight is 202 g/mol. The first-order valence-electron chi connectivity index (χ1n) is 5.17. The lowest BCUT2D eigenvalue weighted by molar-refractivity contribution is -0.115. The van der Waals surface area contributed by atoms with E-state index >= 15 is 0 Å². The van der Waals surface area contributed by atoms with Crippen molar-refractivity contribution >= 4 is 11.4 Å². The Morgan fingerprint density at radius 2 is 1.87 bits per heavy atom. The van der Waals surface area contributed by atoms with Crippen molar-refractivity contribution in [3.63, 3.8) is 0 Å². The van der Waals surface area contributed by atoms with Gasteiger partial charge in [-0.2, -0.15) is 0 Å². The monoisotopic (exact) mass is 202 g/mol. The molecular formula is C13H14O2. The molecule has 0 atom stereocenters. The zero-order chi connectivity index (χ0) is 10.8. The Hall–Kier alpha value is -1.57. The van der Waals surface area contributed by atoms with E-state index in [2.05, 4.69) is 0 Å². The minimum Gasteiger partial charge on any atom is -0.494 e. The summed E-state index contributed by atoms with van der Waals surface area (Å²) in [6, 6.07) is 9.68. The van der Waals surface area contributed by atoms with Gasteiger partial charge in [-0.15, -0.1) is 0 Å². The van der Waals surface area contributed by atoms with Crippen molar-refractivity contribution in [2.24, 2.45) is 0 Å². The number of hydrogen-bond donors (Lipinski definition) is 0. The molecule has 0 saturated carbocycles. The molecular weight excluding hydrogens is 188 g/mol. The molecule has 0 bridgehead atoms. The van der Waals surface area contributed by atoms with E-state index < -0.39 is 0 Å². The minimum absolute atomic E-state index is 0.131. The summed E-state index contributed by atoms with van der Waals surface area (Å²) in [6.07, 6.45) is 0.578. The number of Topliss-reactive ketones (excluding diaryl/α,β-unsaturated/α-hetero) is 1. The Morgan fingerprint density at radius 1 is 1.20 bits per heavy atom. The lowest BCUT2D eigenvalue weighted by Crippen LogP contribution is -2.21. The summed E-state index contributed by atoms with van der Waals surface area (Å²) < 4.78 is 5.58. The summed E-state index contributed by atoms with van der Waals surface area (Å²) in [5.41, 5.74) is 1.72. The SMILES string of the molecule is CC(C)OC1=C(c2ccccc2)C(=O)C1. The van der Waals surface area contributed by atoms with Crippen molar-refractivity contribution in [2.75, 3.05) is 0 Å². The molecule has 1 aromatic rings. The highest BCUT2D eigenvalue weighted by Gasteiger charge is 2.30. The molecule has 0 radical (unpaired) electrons. The molecule has 2 heteroatoms. The number of carbonyl (C=O) groups excluding carboxylic acids is 1. The van der Waals surface area contributed by atoms with Crippen LogP contribution in [0.1, 0.15) is 25.8 Å². The van der Waals surface area contributed by atoms with E-state index in [4.69, 9.17) is 4.74 Å². The topological polar surface area (TPSA) is 26.3 Å². The van der Waals surface area contributed by atoms with Gasteiger partial charge in [0.15, 0.2) is 5.78 Å². The molecule has 0 aliphatic heterocycles. The summed E-state index contributed by atoms with van der Waals surface area (Å²) in [5, 5.41) is 0. The molecule has 2 nitrogen and oxygen atoms in total. The molecule has 1 aliphatic rings. The summed E-state index contributed by atoms with van der Waals surface area (Å²) in [6.45, 7) is 3.94. The van der Waals surface area contributed by atoms with Crippen LogP contribution in [-0.2, 0) is 9.53 Å².